The fraction of sp³-hybridized carbons (Fsp3) is 0.0690. The average molecular weight is 435 g/mol. The van der Waals surface area contributed by atoms with E-state index in [2.05, 4.69) is 72.1 Å². The lowest BCUT2D eigenvalue weighted by Gasteiger charge is -2.11. The minimum Gasteiger partial charge on any atom is -0.378 e. The van der Waals surface area contributed by atoms with Crippen molar-refractivity contribution in [3.63, 3.8) is 0 Å². The Morgan fingerprint density at radius 2 is 1.50 bits per heavy atom. The molecule has 3 heteroatoms. The summed E-state index contributed by atoms with van der Waals surface area (Å²) in [5.41, 5.74) is 7.82. The van der Waals surface area contributed by atoms with Crippen LogP contribution in [0.15, 0.2) is 102 Å². The minimum atomic E-state index is 0.278. The molecule has 1 unspecified atom stereocenters. The van der Waals surface area contributed by atoms with Crippen molar-refractivity contribution in [3.05, 3.63) is 130 Å². The molecule has 1 atom stereocenters. The second kappa shape index (κ2) is 9.25. The number of hydrogen-bond donors (Lipinski definition) is 1. The van der Waals surface area contributed by atoms with E-state index in [0.717, 1.165) is 34.5 Å². The van der Waals surface area contributed by atoms with Gasteiger partial charge in [-0.2, -0.15) is 0 Å². The van der Waals surface area contributed by atoms with E-state index in [0.29, 0.717) is 5.02 Å². The van der Waals surface area contributed by atoms with Gasteiger partial charge in [-0.1, -0.05) is 103 Å². The number of aliphatic imine (C=N–C) groups is 1. The fourth-order valence-corrected chi connectivity index (χ4v) is 4.20. The van der Waals surface area contributed by atoms with Crippen LogP contribution >= 0.6 is 11.6 Å². The normalized spacial score (nSPS) is 15.2. The van der Waals surface area contributed by atoms with Crippen LogP contribution in [0.5, 0.6) is 0 Å². The Balaban J connectivity index is 1.51. The van der Waals surface area contributed by atoms with Crippen molar-refractivity contribution < 1.29 is 0 Å². The summed E-state index contributed by atoms with van der Waals surface area (Å²) in [6, 6.07) is 33.4. The number of fused-ring (bicyclic) bond motifs is 1. The lowest BCUT2D eigenvalue weighted by molar-refractivity contribution is 0.824. The van der Waals surface area contributed by atoms with Crippen LogP contribution in [0.1, 0.15) is 33.9 Å². The van der Waals surface area contributed by atoms with Gasteiger partial charge in [0.1, 0.15) is 0 Å². The molecule has 5 rings (SSSR count). The van der Waals surface area contributed by atoms with E-state index in [1.54, 1.807) is 0 Å². The molecule has 0 amide bonds. The second-order valence-electron chi connectivity index (χ2n) is 7.90. The Bertz CT molecular complexity index is 1280. The Morgan fingerprint density at radius 1 is 0.781 bits per heavy atom. The van der Waals surface area contributed by atoms with Crippen LogP contribution in [0.3, 0.4) is 0 Å². The second-order valence-corrected chi connectivity index (χ2v) is 8.31. The summed E-state index contributed by atoms with van der Waals surface area (Å²) < 4.78 is 0. The maximum atomic E-state index is 6.33. The van der Waals surface area contributed by atoms with E-state index < -0.39 is 0 Å². The van der Waals surface area contributed by atoms with Crippen molar-refractivity contribution >= 4 is 41.3 Å². The van der Waals surface area contributed by atoms with Crippen molar-refractivity contribution in [2.24, 2.45) is 4.99 Å². The summed E-state index contributed by atoms with van der Waals surface area (Å²) in [6.07, 6.45) is 7.08. The van der Waals surface area contributed by atoms with Crippen LogP contribution in [0.2, 0.25) is 5.02 Å². The predicted molar refractivity (Wildman–Crippen MR) is 137 cm³/mol. The zero-order chi connectivity index (χ0) is 21.8. The molecule has 0 aliphatic carbocycles. The zero-order valence-corrected chi connectivity index (χ0v) is 18.3. The maximum Gasteiger partial charge on any atom is 0.0722 e. The molecule has 1 aliphatic rings. The van der Waals surface area contributed by atoms with Crippen LogP contribution in [-0.2, 0) is 6.42 Å². The van der Waals surface area contributed by atoms with Gasteiger partial charge in [0.25, 0.3) is 0 Å². The Hall–Kier alpha value is -3.62. The molecule has 0 saturated carbocycles. The summed E-state index contributed by atoms with van der Waals surface area (Å²) in [5, 5.41) is 4.37. The first-order valence-electron chi connectivity index (χ1n) is 10.8. The third-order valence-electron chi connectivity index (χ3n) is 5.71. The summed E-state index contributed by atoms with van der Waals surface area (Å²) >= 11 is 6.33. The molecule has 1 heterocycles. The minimum absolute atomic E-state index is 0.278. The number of rotatable bonds is 5. The molecule has 0 spiro atoms. The molecule has 156 valence electrons. The van der Waals surface area contributed by atoms with E-state index >= 15 is 0 Å². The molecule has 2 nitrogen and oxygen atoms in total. The Morgan fingerprint density at radius 3 is 2.28 bits per heavy atom. The van der Waals surface area contributed by atoms with Gasteiger partial charge in [-0.3, -0.25) is 4.99 Å². The van der Waals surface area contributed by atoms with Crippen LogP contribution in [0, 0.1) is 0 Å². The standard InChI is InChI=1S/C29H23ClN2/c30-26-14-8-7-13-24(26)20-31-27-19-29-25(18-28(32-29)22-11-5-2-6-12-22)17-23(27)16-15-21-9-3-1-4-10-21/h1-17,19-20,28,32H,18H2. The third-order valence-corrected chi connectivity index (χ3v) is 6.06. The summed E-state index contributed by atoms with van der Waals surface area (Å²) in [5.74, 6) is 0. The van der Waals surface area contributed by atoms with Gasteiger partial charge in [-0.15, -0.1) is 0 Å². The van der Waals surface area contributed by atoms with Gasteiger partial charge in [-0.25, -0.2) is 0 Å². The number of hydrogen-bond acceptors (Lipinski definition) is 2. The lowest BCUT2D eigenvalue weighted by atomic mass is 10.0. The van der Waals surface area contributed by atoms with Gasteiger partial charge in [0.2, 0.25) is 0 Å². The van der Waals surface area contributed by atoms with Gasteiger partial charge in [0.05, 0.1) is 11.7 Å². The molecule has 0 radical (unpaired) electrons. The molecule has 0 aromatic heterocycles. The summed E-state index contributed by atoms with van der Waals surface area (Å²) in [7, 11) is 0. The van der Waals surface area contributed by atoms with E-state index in [1.807, 2.05) is 48.7 Å². The zero-order valence-electron chi connectivity index (χ0n) is 17.6. The first kappa shape index (κ1) is 20.3. The largest absolute Gasteiger partial charge is 0.378 e. The number of anilines is 1. The highest BCUT2D eigenvalue weighted by atomic mass is 35.5. The van der Waals surface area contributed by atoms with Crippen molar-refractivity contribution in [1.29, 1.82) is 0 Å². The maximum absolute atomic E-state index is 6.33. The molecule has 0 bridgehead atoms. The highest BCUT2D eigenvalue weighted by Gasteiger charge is 2.23. The molecule has 1 N–H and O–H groups in total. The topological polar surface area (TPSA) is 24.4 Å². The smallest absolute Gasteiger partial charge is 0.0722 e. The van der Waals surface area contributed by atoms with E-state index in [-0.39, 0.29) is 6.04 Å². The van der Waals surface area contributed by atoms with Crippen LogP contribution in [0.4, 0.5) is 11.4 Å². The van der Waals surface area contributed by atoms with E-state index in [9.17, 15) is 0 Å². The van der Waals surface area contributed by atoms with Crippen molar-refractivity contribution in [1.82, 2.24) is 0 Å². The first-order chi connectivity index (χ1) is 15.8. The van der Waals surface area contributed by atoms with Crippen LogP contribution < -0.4 is 5.32 Å². The number of nitrogens with one attached hydrogen (secondary N) is 1. The number of benzene rings is 4. The van der Waals surface area contributed by atoms with Crippen molar-refractivity contribution in [2.45, 2.75) is 12.5 Å². The highest BCUT2D eigenvalue weighted by Crippen LogP contribution is 2.39. The van der Waals surface area contributed by atoms with Gasteiger partial charge >= 0.3 is 0 Å². The monoisotopic (exact) mass is 434 g/mol. The highest BCUT2D eigenvalue weighted by molar-refractivity contribution is 6.33. The first-order valence-corrected chi connectivity index (χ1v) is 11.1. The Labute approximate surface area is 193 Å². The van der Waals surface area contributed by atoms with Gasteiger partial charge < -0.3 is 5.32 Å². The summed E-state index contributed by atoms with van der Waals surface area (Å²) in [4.78, 5) is 4.82. The van der Waals surface area contributed by atoms with Crippen LogP contribution in [0.25, 0.3) is 12.2 Å². The van der Waals surface area contributed by atoms with E-state index in [1.165, 1.54) is 11.1 Å². The van der Waals surface area contributed by atoms with Crippen molar-refractivity contribution in [3.8, 4) is 0 Å². The SMILES string of the molecule is Clc1ccccc1C=Nc1cc2c(cc1C=Cc1ccccc1)CC(c1ccccc1)N2. The van der Waals surface area contributed by atoms with Crippen molar-refractivity contribution in [2.75, 3.05) is 5.32 Å². The molecule has 4 aromatic carbocycles. The molecular weight excluding hydrogens is 412 g/mol. The predicted octanol–water partition coefficient (Wildman–Crippen LogP) is 7.97. The quantitative estimate of drug-likeness (QED) is 0.250. The van der Waals surface area contributed by atoms with Crippen LogP contribution in [-0.4, -0.2) is 6.21 Å². The molecule has 1 aliphatic heterocycles. The van der Waals surface area contributed by atoms with E-state index in [4.69, 9.17) is 16.6 Å². The fourth-order valence-electron chi connectivity index (χ4n) is 4.01. The Kier molecular flexibility index (Phi) is 5.87. The molecule has 32 heavy (non-hydrogen) atoms. The molecule has 0 saturated heterocycles. The number of halogens is 1. The number of nitrogens with zero attached hydrogens (tertiary/aromatic N) is 1. The molecule has 4 aromatic rings. The van der Waals surface area contributed by atoms with Gasteiger partial charge in [-0.05, 0) is 41.3 Å². The lowest BCUT2D eigenvalue weighted by Crippen LogP contribution is -2.04. The van der Waals surface area contributed by atoms with Gasteiger partial charge in [0.15, 0.2) is 0 Å². The molecular formula is C29H23ClN2. The molecule has 0 fully saturated rings. The average Bonchev–Trinajstić information content (AvgIpc) is 3.26. The third kappa shape index (κ3) is 4.51. The van der Waals surface area contributed by atoms with Gasteiger partial charge in [0, 0.05) is 28.1 Å². The summed E-state index contributed by atoms with van der Waals surface area (Å²) in [6.45, 7) is 0.